The molecular weight excluding hydrogens is 198 g/mol. The lowest BCUT2D eigenvalue weighted by Crippen LogP contribution is -2.40. The average Bonchev–Trinajstić information content (AvgIpc) is 2.38. The highest BCUT2D eigenvalue weighted by molar-refractivity contribution is 4.77. The zero-order valence-corrected chi connectivity index (χ0v) is 10.7. The van der Waals surface area contributed by atoms with Crippen LogP contribution in [0, 0.1) is 5.92 Å². The minimum Gasteiger partial charge on any atom is -0.376 e. The summed E-state index contributed by atoms with van der Waals surface area (Å²) in [5.41, 5.74) is 0. The predicted molar refractivity (Wildman–Crippen MR) is 67.6 cm³/mol. The van der Waals surface area contributed by atoms with Crippen LogP contribution in [0.4, 0.5) is 0 Å². The summed E-state index contributed by atoms with van der Waals surface area (Å²) >= 11 is 0. The first-order valence-electron chi connectivity index (χ1n) is 7.25. The van der Waals surface area contributed by atoms with E-state index >= 15 is 0 Å². The standard InChI is InChI=1S/C14H27NO/c1-2-12-7-3-4-9-14(12)16-11-13-8-5-6-10-15-13/h12-15H,2-11H2,1H3. The highest BCUT2D eigenvalue weighted by Crippen LogP contribution is 2.29. The smallest absolute Gasteiger partial charge is 0.0623 e. The Labute approximate surface area is 100 Å². The summed E-state index contributed by atoms with van der Waals surface area (Å²) in [4.78, 5) is 0. The van der Waals surface area contributed by atoms with Crippen molar-refractivity contribution in [2.24, 2.45) is 5.92 Å². The molecule has 94 valence electrons. The maximum Gasteiger partial charge on any atom is 0.0623 e. The van der Waals surface area contributed by atoms with E-state index in [1.165, 1.54) is 57.9 Å². The Morgan fingerprint density at radius 2 is 1.88 bits per heavy atom. The molecule has 3 unspecified atom stereocenters. The molecule has 2 heteroatoms. The third-order valence-electron chi connectivity index (χ3n) is 4.29. The number of ether oxygens (including phenoxy) is 1. The van der Waals surface area contributed by atoms with Gasteiger partial charge in [0.1, 0.15) is 0 Å². The van der Waals surface area contributed by atoms with E-state index in [1.807, 2.05) is 0 Å². The molecule has 0 radical (unpaired) electrons. The summed E-state index contributed by atoms with van der Waals surface area (Å²) in [6.45, 7) is 4.45. The van der Waals surface area contributed by atoms with Crippen LogP contribution in [0.3, 0.4) is 0 Å². The number of hydrogen-bond acceptors (Lipinski definition) is 2. The van der Waals surface area contributed by atoms with Gasteiger partial charge in [-0.05, 0) is 38.1 Å². The van der Waals surface area contributed by atoms with Crippen LogP contribution >= 0.6 is 0 Å². The van der Waals surface area contributed by atoms with E-state index in [9.17, 15) is 0 Å². The highest BCUT2D eigenvalue weighted by Gasteiger charge is 2.25. The summed E-state index contributed by atoms with van der Waals surface area (Å²) in [5, 5.41) is 3.57. The third kappa shape index (κ3) is 3.46. The van der Waals surface area contributed by atoms with Crippen LogP contribution in [-0.4, -0.2) is 25.3 Å². The minimum absolute atomic E-state index is 0.558. The van der Waals surface area contributed by atoms with Crippen molar-refractivity contribution in [2.45, 2.75) is 70.4 Å². The van der Waals surface area contributed by atoms with Gasteiger partial charge in [0, 0.05) is 6.04 Å². The van der Waals surface area contributed by atoms with Gasteiger partial charge in [-0.25, -0.2) is 0 Å². The van der Waals surface area contributed by atoms with E-state index in [4.69, 9.17) is 4.74 Å². The van der Waals surface area contributed by atoms with Crippen molar-refractivity contribution in [3.63, 3.8) is 0 Å². The van der Waals surface area contributed by atoms with Crippen LogP contribution in [0.2, 0.25) is 0 Å². The van der Waals surface area contributed by atoms with Gasteiger partial charge in [-0.15, -0.1) is 0 Å². The molecule has 16 heavy (non-hydrogen) atoms. The molecule has 0 bridgehead atoms. The summed E-state index contributed by atoms with van der Waals surface area (Å²) in [5.74, 6) is 0.831. The van der Waals surface area contributed by atoms with Gasteiger partial charge in [-0.3, -0.25) is 0 Å². The van der Waals surface area contributed by atoms with E-state index in [-0.39, 0.29) is 0 Å². The van der Waals surface area contributed by atoms with Crippen molar-refractivity contribution in [3.05, 3.63) is 0 Å². The fourth-order valence-corrected chi connectivity index (χ4v) is 3.17. The van der Waals surface area contributed by atoms with Gasteiger partial charge >= 0.3 is 0 Å². The van der Waals surface area contributed by atoms with Gasteiger partial charge in [0.05, 0.1) is 12.7 Å². The van der Waals surface area contributed by atoms with Crippen molar-refractivity contribution < 1.29 is 4.74 Å². The molecule has 0 amide bonds. The van der Waals surface area contributed by atoms with E-state index < -0.39 is 0 Å². The van der Waals surface area contributed by atoms with E-state index in [0.717, 1.165) is 12.5 Å². The molecule has 1 saturated heterocycles. The second kappa shape index (κ2) is 6.61. The summed E-state index contributed by atoms with van der Waals surface area (Å²) < 4.78 is 6.16. The summed E-state index contributed by atoms with van der Waals surface area (Å²) in [6, 6.07) is 0.633. The van der Waals surface area contributed by atoms with Gasteiger partial charge < -0.3 is 10.1 Å². The third-order valence-corrected chi connectivity index (χ3v) is 4.29. The average molecular weight is 225 g/mol. The van der Waals surface area contributed by atoms with Gasteiger partial charge in [0.25, 0.3) is 0 Å². The molecule has 2 rings (SSSR count). The monoisotopic (exact) mass is 225 g/mol. The highest BCUT2D eigenvalue weighted by atomic mass is 16.5. The maximum atomic E-state index is 6.16. The van der Waals surface area contributed by atoms with Crippen LogP contribution in [0.25, 0.3) is 0 Å². The van der Waals surface area contributed by atoms with E-state index in [2.05, 4.69) is 12.2 Å². The van der Waals surface area contributed by atoms with Crippen molar-refractivity contribution in [1.29, 1.82) is 0 Å². The van der Waals surface area contributed by atoms with Crippen LogP contribution in [0.5, 0.6) is 0 Å². The Hall–Kier alpha value is -0.0800. The van der Waals surface area contributed by atoms with Crippen molar-refractivity contribution >= 4 is 0 Å². The van der Waals surface area contributed by atoms with Crippen LogP contribution < -0.4 is 5.32 Å². The molecule has 3 atom stereocenters. The SMILES string of the molecule is CCC1CCCCC1OCC1CCCCN1. The second-order valence-electron chi connectivity index (χ2n) is 5.47. The molecule has 1 heterocycles. The molecule has 1 saturated carbocycles. The molecule has 0 aromatic carbocycles. The first-order chi connectivity index (χ1) is 7.90. The fraction of sp³-hybridized carbons (Fsp3) is 1.00. The Kier molecular flexibility index (Phi) is 5.11. The second-order valence-corrected chi connectivity index (χ2v) is 5.47. The van der Waals surface area contributed by atoms with E-state index in [1.54, 1.807) is 0 Å². The van der Waals surface area contributed by atoms with Gasteiger partial charge in [0.2, 0.25) is 0 Å². The van der Waals surface area contributed by atoms with Gasteiger partial charge in [-0.1, -0.05) is 32.6 Å². The molecule has 0 aromatic heterocycles. The quantitative estimate of drug-likeness (QED) is 0.794. The lowest BCUT2D eigenvalue weighted by Gasteiger charge is -2.33. The Morgan fingerprint density at radius 1 is 1.06 bits per heavy atom. The molecule has 1 aliphatic heterocycles. The molecule has 1 N–H and O–H groups in total. The van der Waals surface area contributed by atoms with Crippen LogP contribution in [0.1, 0.15) is 58.3 Å². The summed E-state index contributed by atoms with van der Waals surface area (Å²) in [7, 11) is 0. The molecule has 0 aromatic rings. The zero-order valence-electron chi connectivity index (χ0n) is 10.7. The Bertz CT molecular complexity index is 189. The van der Waals surface area contributed by atoms with Crippen molar-refractivity contribution in [1.82, 2.24) is 5.32 Å². The topological polar surface area (TPSA) is 21.3 Å². The number of rotatable bonds is 4. The normalized spacial score (nSPS) is 36.2. The van der Waals surface area contributed by atoms with Crippen LogP contribution in [0.15, 0.2) is 0 Å². The van der Waals surface area contributed by atoms with Crippen LogP contribution in [-0.2, 0) is 4.74 Å². The molecule has 2 nitrogen and oxygen atoms in total. The largest absolute Gasteiger partial charge is 0.376 e. The number of piperidine rings is 1. The molecule has 2 fully saturated rings. The predicted octanol–water partition coefficient (Wildman–Crippen LogP) is 3.11. The van der Waals surface area contributed by atoms with Gasteiger partial charge in [0.15, 0.2) is 0 Å². The van der Waals surface area contributed by atoms with Gasteiger partial charge in [-0.2, -0.15) is 0 Å². The fourth-order valence-electron chi connectivity index (χ4n) is 3.17. The number of hydrogen-bond donors (Lipinski definition) is 1. The minimum atomic E-state index is 0.558. The number of nitrogens with one attached hydrogen (secondary N) is 1. The maximum absolute atomic E-state index is 6.16. The molecule has 1 aliphatic carbocycles. The molecular formula is C14H27NO. The van der Waals surface area contributed by atoms with Crippen molar-refractivity contribution in [2.75, 3.05) is 13.2 Å². The molecule has 2 aliphatic rings. The summed E-state index contributed by atoms with van der Waals surface area (Å²) in [6.07, 6.45) is 11.4. The Balaban J connectivity index is 1.70. The van der Waals surface area contributed by atoms with Crippen molar-refractivity contribution in [3.8, 4) is 0 Å². The molecule has 0 spiro atoms. The lowest BCUT2D eigenvalue weighted by molar-refractivity contribution is -0.0239. The first-order valence-corrected chi connectivity index (χ1v) is 7.25. The Morgan fingerprint density at radius 3 is 2.62 bits per heavy atom. The first kappa shape index (κ1) is 12.4. The lowest BCUT2D eigenvalue weighted by atomic mass is 9.85. The van der Waals surface area contributed by atoms with E-state index in [0.29, 0.717) is 12.1 Å². The zero-order chi connectivity index (χ0) is 11.2.